The van der Waals surface area contributed by atoms with Gasteiger partial charge in [0, 0.05) is 23.9 Å². The van der Waals surface area contributed by atoms with Crippen LogP contribution in [0.3, 0.4) is 0 Å². The van der Waals surface area contributed by atoms with Crippen molar-refractivity contribution >= 4 is 23.1 Å². The predicted octanol–water partition coefficient (Wildman–Crippen LogP) is 4.63. The Labute approximate surface area is 145 Å². The van der Waals surface area contributed by atoms with Crippen molar-refractivity contribution in [3.8, 4) is 0 Å². The molecule has 3 aromatic rings. The lowest BCUT2D eigenvalue weighted by molar-refractivity contribution is 0.102. The predicted molar refractivity (Wildman–Crippen MR) is 88.2 cm³/mol. The van der Waals surface area contributed by atoms with E-state index in [4.69, 9.17) is 0 Å². The van der Waals surface area contributed by atoms with E-state index in [0.29, 0.717) is 12.1 Å². The molecule has 26 heavy (non-hydrogen) atoms. The first kappa shape index (κ1) is 17.4. The fourth-order valence-electron chi connectivity index (χ4n) is 2.15. The third-order valence-electron chi connectivity index (χ3n) is 3.40. The Morgan fingerprint density at radius 1 is 0.808 bits per heavy atom. The van der Waals surface area contributed by atoms with Crippen molar-refractivity contribution in [3.05, 3.63) is 83.6 Å². The molecule has 1 aromatic heterocycles. The lowest BCUT2D eigenvalue weighted by Gasteiger charge is -2.09. The summed E-state index contributed by atoms with van der Waals surface area (Å²) in [5, 5.41) is 4.92. The van der Waals surface area contributed by atoms with E-state index in [2.05, 4.69) is 15.6 Å². The molecule has 1 heterocycles. The third-order valence-corrected chi connectivity index (χ3v) is 3.40. The monoisotopic (exact) mass is 361 g/mol. The second-order valence-electron chi connectivity index (χ2n) is 5.26. The number of hydrogen-bond donors (Lipinski definition) is 2. The molecule has 0 aliphatic heterocycles. The highest BCUT2D eigenvalue weighted by Gasteiger charge is 2.12. The molecular formula is C18H11F4N3O. The summed E-state index contributed by atoms with van der Waals surface area (Å²) >= 11 is 0. The van der Waals surface area contributed by atoms with Crippen LogP contribution in [0.4, 0.5) is 34.8 Å². The number of pyridine rings is 1. The highest BCUT2D eigenvalue weighted by molar-refractivity contribution is 6.04. The van der Waals surface area contributed by atoms with Crippen LogP contribution in [-0.2, 0) is 0 Å². The Morgan fingerprint density at radius 3 is 2.04 bits per heavy atom. The van der Waals surface area contributed by atoms with E-state index < -0.39 is 29.2 Å². The van der Waals surface area contributed by atoms with Gasteiger partial charge in [0.05, 0.1) is 11.4 Å². The highest BCUT2D eigenvalue weighted by Crippen LogP contribution is 2.21. The summed E-state index contributed by atoms with van der Waals surface area (Å²) in [6.45, 7) is 0. The summed E-state index contributed by atoms with van der Waals surface area (Å²) < 4.78 is 53.1. The molecule has 2 N–H and O–H groups in total. The molecule has 0 bridgehead atoms. The standard InChI is InChI=1S/C18H11F4N3O/c19-11-1-3-15(13(21)8-11)24-17-7-10(5-6-23-17)18(26)25-16-4-2-12(20)9-14(16)22/h1-9H,(H,23,24)(H,25,26). The van der Waals surface area contributed by atoms with Gasteiger partial charge in [0.1, 0.15) is 29.1 Å². The van der Waals surface area contributed by atoms with Crippen molar-refractivity contribution in [2.24, 2.45) is 0 Å². The summed E-state index contributed by atoms with van der Waals surface area (Å²) in [6, 6.07) is 8.38. The summed E-state index contributed by atoms with van der Waals surface area (Å²) in [7, 11) is 0. The summed E-state index contributed by atoms with van der Waals surface area (Å²) in [5.41, 5.74) is -0.109. The maximum absolute atomic E-state index is 13.7. The molecule has 0 atom stereocenters. The minimum atomic E-state index is -0.917. The average molecular weight is 361 g/mol. The molecule has 0 saturated heterocycles. The van der Waals surface area contributed by atoms with Gasteiger partial charge in [0.25, 0.3) is 5.91 Å². The van der Waals surface area contributed by atoms with Crippen LogP contribution in [0.2, 0.25) is 0 Å². The normalized spacial score (nSPS) is 10.5. The van der Waals surface area contributed by atoms with Gasteiger partial charge >= 0.3 is 0 Å². The second kappa shape index (κ2) is 7.22. The molecule has 4 nitrogen and oxygen atoms in total. The zero-order chi connectivity index (χ0) is 18.7. The van der Waals surface area contributed by atoms with Gasteiger partial charge in [-0.2, -0.15) is 0 Å². The first-order valence-electron chi connectivity index (χ1n) is 7.37. The number of carbonyl (C=O) groups is 1. The van der Waals surface area contributed by atoms with Crippen molar-refractivity contribution in [1.82, 2.24) is 4.98 Å². The van der Waals surface area contributed by atoms with E-state index in [1.165, 1.54) is 24.4 Å². The molecule has 0 aliphatic carbocycles. The van der Waals surface area contributed by atoms with Gasteiger partial charge in [-0.1, -0.05) is 0 Å². The van der Waals surface area contributed by atoms with Crippen molar-refractivity contribution in [1.29, 1.82) is 0 Å². The van der Waals surface area contributed by atoms with Crippen molar-refractivity contribution < 1.29 is 22.4 Å². The molecule has 0 unspecified atom stereocenters. The van der Waals surface area contributed by atoms with E-state index in [9.17, 15) is 22.4 Å². The van der Waals surface area contributed by atoms with E-state index in [-0.39, 0.29) is 22.8 Å². The van der Waals surface area contributed by atoms with E-state index in [1.54, 1.807) is 0 Å². The first-order valence-corrected chi connectivity index (χ1v) is 7.37. The molecular weight excluding hydrogens is 350 g/mol. The number of hydrogen-bond acceptors (Lipinski definition) is 3. The number of rotatable bonds is 4. The van der Waals surface area contributed by atoms with Crippen LogP contribution >= 0.6 is 0 Å². The number of aromatic nitrogens is 1. The van der Waals surface area contributed by atoms with Crippen molar-refractivity contribution in [2.45, 2.75) is 0 Å². The van der Waals surface area contributed by atoms with Gasteiger partial charge in [0.15, 0.2) is 0 Å². The molecule has 1 amide bonds. The van der Waals surface area contributed by atoms with Gasteiger partial charge in [-0.15, -0.1) is 0 Å². The van der Waals surface area contributed by atoms with Crippen LogP contribution in [0.25, 0.3) is 0 Å². The Balaban J connectivity index is 1.79. The second-order valence-corrected chi connectivity index (χ2v) is 5.26. The van der Waals surface area contributed by atoms with Gasteiger partial charge in [-0.3, -0.25) is 4.79 Å². The summed E-state index contributed by atoms with van der Waals surface area (Å²) in [6.07, 6.45) is 1.29. The molecule has 8 heteroatoms. The van der Waals surface area contributed by atoms with Crippen LogP contribution in [-0.4, -0.2) is 10.9 Å². The number of nitrogens with one attached hydrogen (secondary N) is 2. The van der Waals surface area contributed by atoms with Gasteiger partial charge in [0.2, 0.25) is 0 Å². The molecule has 0 saturated carbocycles. The largest absolute Gasteiger partial charge is 0.338 e. The summed E-state index contributed by atoms with van der Waals surface area (Å²) in [5.74, 6) is -3.77. The topological polar surface area (TPSA) is 54.0 Å². The van der Waals surface area contributed by atoms with Gasteiger partial charge < -0.3 is 10.6 Å². The Hall–Kier alpha value is -3.42. The maximum atomic E-state index is 13.7. The minimum absolute atomic E-state index is 0.0268. The minimum Gasteiger partial charge on any atom is -0.338 e. The fraction of sp³-hybridized carbons (Fsp3) is 0. The number of benzene rings is 2. The van der Waals surface area contributed by atoms with Crippen LogP contribution < -0.4 is 10.6 Å². The Morgan fingerprint density at radius 2 is 1.42 bits per heavy atom. The van der Waals surface area contributed by atoms with Crippen molar-refractivity contribution in [2.75, 3.05) is 10.6 Å². The fourth-order valence-corrected chi connectivity index (χ4v) is 2.15. The number of amides is 1. The zero-order valence-corrected chi connectivity index (χ0v) is 13.1. The highest BCUT2D eigenvalue weighted by atomic mass is 19.1. The molecule has 132 valence electrons. The van der Waals surface area contributed by atoms with Crippen LogP contribution in [0.1, 0.15) is 10.4 Å². The Bertz CT molecular complexity index is 978. The maximum Gasteiger partial charge on any atom is 0.255 e. The molecule has 0 spiro atoms. The quantitative estimate of drug-likeness (QED) is 0.666. The molecule has 3 rings (SSSR count). The third kappa shape index (κ3) is 3.97. The summed E-state index contributed by atoms with van der Waals surface area (Å²) in [4.78, 5) is 16.2. The van der Waals surface area contributed by atoms with Crippen LogP contribution in [0, 0.1) is 23.3 Å². The molecule has 0 radical (unpaired) electrons. The van der Waals surface area contributed by atoms with E-state index >= 15 is 0 Å². The Kier molecular flexibility index (Phi) is 4.83. The van der Waals surface area contributed by atoms with E-state index in [0.717, 1.165) is 18.2 Å². The van der Waals surface area contributed by atoms with Crippen molar-refractivity contribution in [3.63, 3.8) is 0 Å². The van der Waals surface area contributed by atoms with E-state index in [1.807, 2.05) is 0 Å². The lowest BCUT2D eigenvalue weighted by Crippen LogP contribution is -2.13. The number of halogens is 4. The van der Waals surface area contributed by atoms with Gasteiger partial charge in [-0.05, 0) is 36.4 Å². The molecule has 2 aromatic carbocycles. The SMILES string of the molecule is O=C(Nc1ccc(F)cc1F)c1ccnc(Nc2ccc(F)cc2F)c1. The zero-order valence-electron chi connectivity index (χ0n) is 13.1. The lowest BCUT2D eigenvalue weighted by atomic mass is 10.2. The van der Waals surface area contributed by atoms with Crippen LogP contribution in [0.15, 0.2) is 54.7 Å². The van der Waals surface area contributed by atoms with Gasteiger partial charge in [-0.25, -0.2) is 22.5 Å². The average Bonchev–Trinajstić information content (AvgIpc) is 2.60. The van der Waals surface area contributed by atoms with Crippen LogP contribution in [0.5, 0.6) is 0 Å². The number of carbonyl (C=O) groups excluding carboxylic acids is 1. The molecule has 0 fully saturated rings. The molecule has 0 aliphatic rings. The smallest absolute Gasteiger partial charge is 0.255 e. The number of nitrogens with zero attached hydrogens (tertiary/aromatic N) is 1. The first-order chi connectivity index (χ1) is 12.4. The number of anilines is 3.